The van der Waals surface area contributed by atoms with Crippen molar-refractivity contribution in [3.05, 3.63) is 23.8 Å². The molecule has 0 bridgehead atoms. The van der Waals surface area contributed by atoms with E-state index in [0.717, 1.165) is 6.42 Å². The summed E-state index contributed by atoms with van der Waals surface area (Å²) in [6, 6.07) is 4.59. The van der Waals surface area contributed by atoms with Crippen molar-refractivity contribution in [2.45, 2.75) is 32.8 Å². The molecule has 6 nitrogen and oxygen atoms in total. The van der Waals surface area contributed by atoms with E-state index in [1.54, 1.807) is 19.1 Å². The van der Waals surface area contributed by atoms with Crippen LogP contribution in [0.5, 0.6) is 5.75 Å². The number of carbonyl (C=O) groups is 2. The Labute approximate surface area is 124 Å². The second kappa shape index (κ2) is 8.14. The number of carbonyl (C=O) groups excluding carboxylic acids is 2. The lowest BCUT2D eigenvalue weighted by Gasteiger charge is -2.18. The Balaban J connectivity index is 3.02. The fourth-order valence-electron chi connectivity index (χ4n) is 1.80. The van der Waals surface area contributed by atoms with Crippen LogP contribution in [0.15, 0.2) is 18.2 Å². The molecule has 6 heteroatoms. The lowest BCUT2D eigenvalue weighted by Crippen LogP contribution is -2.30. The summed E-state index contributed by atoms with van der Waals surface area (Å²) in [5.41, 5.74) is 6.25. The van der Waals surface area contributed by atoms with Crippen LogP contribution in [0.4, 0.5) is 5.69 Å². The van der Waals surface area contributed by atoms with E-state index < -0.39 is 18.0 Å². The summed E-state index contributed by atoms with van der Waals surface area (Å²) in [7, 11) is 1.27. The molecule has 0 saturated heterocycles. The van der Waals surface area contributed by atoms with Gasteiger partial charge in [-0.15, -0.1) is 0 Å². The van der Waals surface area contributed by atoms with Gasteiger partial charge in [0.2, 0.25) is 0 Å². The maximum atomic E-state index is 11.9. The van der Waals surface area contributed by atoms with Crippen molar-refractivity contribution in [3.63, 3.8) is 0 Å². The number of rotatable bonds is 7. The fraction of sp³-hybridized carbons (Fsp3) is 0.467. The van der Waals surface area contributed by atoms with Crippen LogP contribution in [-0.2, 0) is 14.3 Å². The molecule has 0 radical (unpaired) electrons. The van der Waals surface area contributed by atoms with E-state index in [1.807, 2.05) is 6.92 Å². The maximum absolute atomic E-state index is 11.9. The molecule has 1 atom stereocenters. The molecule has 0 spiro atoms. The summed E-state index contributed by atoms with van der Waals surface area (Å²) in [5.74, 6) is -0.772. The number of hydrogen-bond donors (Lipinski definition) is 1. The van der Waals surface area contributed by atoms with E-state index in [-0.39, 0.29) is 17.9 Å². The normalized spacial score (nSPS) is 11.6. The number of ether oxygens (including phenoxy) is 3. The number of nitrogens with two attached hydrogens (primary N) is 1. The Morgan fingerprint density at radius 1 is 1.29 bits per heavy atom. The molecule has 2 N–H and O–H groups in total. The third-order valence-electron chi connectivity index (χ3n) is 2.78. The molecule has 0 aliphatic rings. The van der Waals surface area contributed by atoms with Crippen LogP contribution in [0.1, 0.15) is 37.0 Å². The largest absolute Gasteiger partial charge is 0.478 e. The highest BCUT2D eigenvalue weighted by molar-refractivity contribution is 5.93. The molecule has 1 aromatic carbocycles. The standard InChI is InChI=1S/C15H21NO5/c1-4-6-13(15(18)20-5-2)21-12-8-7-10(16)9-11(12)14(17)19-3/h7-9,13H,4-6,16H2,1-3H3. The van der Waals surface area contributed by atoms with Gasteiger partial charge in [0.05, 0.1) is 13.7 Å². The average Bonchev–Trinajstić information content (AvgIpc) is 2.47. The summed E-state index contributed by atoms with van der Waals surface area (Å²) >= 11 is 0. The van der Waals surface area contributed by atoms with Gasteiger partial charge in [0.1, 0.15) is 11.3 Å². The molecule has 0 aromatic heterocycles. The zero-order chi connectivity index (χ0) is 15.8. The lowest BCUT2D eigenvalue weighted by molar-refractivity contribution is -0.151. The molecule has 0 heterocycles. The second-order valence-corrected chi connectivity index (χ2v) is 4.39. The van der Waals surface area contributed by atoms with E-state index in [0.29, 0.717) is 12.1 Å². The first-order valence-electron chi connectivity index (χ1n) is 6.84. The highest BCUT2D eigenvalue weighted by Crippen LogP contribution is 2.24. The molecular weight excluding hydrogens is 274 g/mol. The number of esters is 2. The minimum Gasteiger partial charge on any atom is -0.478 e. The van der Waals surface area contributed by atoms with E-state index in [9.17, 15) is 9.59 Å². The number of benzene rings is 1. The van der Waals surface area contributed by atoms with Crippen molar-refractivity contribution in [1.29, 1.82) is 0 Å². The van der Waals surface area contributed by atoms with Gasteiger partial charge in [-0.1, -0.05) is 13.3 Å². The minimum absolute atomic E-state index is 0.183. The van der Waals surface area contributed by atoms with Gasteiger partial charge in [-0.25, -0.2) is 9.59 Å². The first kappa shape index (κ1) is 16.8. The van der Waals surface area contributed by atoms with Crippen LogP contribution < -0.4 is 10.5 Å². The number of methoxy groups -OCH3 is 1. The van der Waals surface area contributed by atoms with Crippen molar-refractivity contribution in [1.82, 2.24) is 0 Å². The van der Waals surface area contributed by atoms with E-state index >= 15 is 0 Å². The highest BCUT2D eigenvalue weighted by Gasteiger charge is 2.24. The van der Waals surface area contributed by atoms with Gasteiger partial charge in [0.25, 0.3) is 0 Å². The van der Waals surface area contributed by atoms with Gasteiger partial charge in [-0.2, -0.15) is 0 Å². The molecule has 1 aromatic rings. The quantitative estimate of drug-likeness (QED) is 0.612. The lowest BCUT2D eigenvalue weighted by atomic mass is 10.1. The maximum Gasteiger partial charge on any atom is 0.347 e. The number of anilines is 1. The Hall–Kier alpha value is -2.24. The molecule has 1 unspecified atom stereocenters. The Morgan fingerprint density at radius 3 is 2.57 bits per heavy atom. The van der Waals surface area contributed by atoms with Gasteiger partial charge >= 0.3 is 11.9 Å². The topological polar surface area (TPSA) is 87.9 Å². The predicted octanol–water partition coefficient (Wildman–Crippen LogP) is 2.17. The highest BCUT2D eigenvalue weighted by atomic mass is 16.6. The third-order valence-corrected chi connectivity index (χ3v) is 2.78. The minimum atomic E-state index is -0.762. The van der Waals surface area contributed by atoms with E-state index in [2.05, 4.69) is 0 Å². The molecule has 21 heavy (non-hydrogen) atoms. The monoisotopic (exact) mass is 295 g/mol. The van der Waals surface area contributed by atoms with Crippen LogP contribution in [0.3, 0.4) is 0 Å². The Bertz CT molecular complexity index is 501. The van der Waals surface area contributed by atoms with Crippen molar-refractivity contribution >= 4 is 17.6 Å². The number of hydrogen-bond acceptors (Lipinski definition) is 6. The van der Waals surface area contributed by atoms with Gasteiger partial charge in [0, 0.05) is 5.69 Å². The molecule has 0 fully saturated rings. The van der Waals surface area contributed by atoms with Crippen LogP contribution in [0, 0.1) is 0 Å². The van der Waals surface area contributed by atoms with Crippen LogP contribution >= 0.6 is 0 Å². The van der Waals surface area contributed by atoms with E-state index in [4.69, 9.17) is 19.9 Å². The van der Waals surface area contributed by atoms with E-state index in [1.165, 1.54) is 13.2 Å². The fourth-order valence-corrected chi connectivity index (χ4v) is 1.80. The number of nitrogen functional groups attached to an aromatic ring is 1. The summed E-state index contributed by atoms with van der Waals surface area (Å²) < 4.78 is 15.3. The van der Waals surface area contributed by atoms with Crippen LogP contribution in [0.25, 0.3) is 0 Å². The third kappa shape index (κ3) is 4.66. The van der Waals surface area contributed by atoms with Crippen molar-refractivity contribution < 1.29 is 23.8 Å². The zero-order valence-corrected chi connectivity index (χ0v) is 12.5. The second-order valence-electron chi connectivity index (χ2n) is 4.39. The molecule has 0 saturated carbocycles. The van der Waals surface area contributed by atoms with Crippen molar-refractivity contribution in [2.24, 2.45) is 0 Å². The summed E-state index contributed by atoms with van der Waals surface area (Å²) in [6.07, 6.45) is 0.470. The Kier molecular flexibility index (Phi) is 6.52. The molecule has 1 rings (SSSR count). The van der Waals surface area contributed by atoms with Gasteiger partial charge in [-0.05, 0) is 31.5 Å². The predicted molar refractivity (Wildman–Crippen MR) is 78.2 cm³/mol. The first-order chi connectivity index (χ1) is 10.0. The molecule has 116 valence electrons. The summed E-state index contributed by atoms with van der Waals surface area (Å²) in [5, 5.41) is 0. The van der Waals surface area contributed by atoms with Crippen LogP contribution in [0.2, 0.25) is 0 Å². The molecule has 0 aliphatic carbocycles. The van der Waals surface area contributed by atoms with Crippen LogP contribution in [-0.4, -0.2) is 31.8 Å². The zero-order valence-electron chi connectivity index (χ0n) is 12.5. The van der Waals surface area contributed by atoms with Gasteiger partial charge in [0.15, 0.2) is 6.10 Å². The first-order valence-corrected chi connectivity index (χ1v) is 6.84. The summed E-state index contributed by atoms with van der Waals surface area (Å²) in [6.45, 7) is 3.93. The van der Waals surface area contributed by atoms with Crippen molar-refractivity contribution in [3.8, 4) is 5.75 Å². The summed E-state index contributed by atoms with van der Waals surface area (Å²) in [4.78, 5) is 23.6. The average molecular weight is 295 g/mol. The van der Waals surface area contributed by atoms with Crippen molar-refractivity contribution in [2.75, 3.05) is 19.5 Å². The molecule has 0 aliphatic heterocycles. The Morgan fingerprint density at radius 2 is 2.00 bits per heavy atom. The smallest absolute Gasteiger partial charge is 0.347 e. The SMILES string of the molecule is CCCC(Oc1ccc(N)cc1C(=O)OC)C(=O)OCC. The molecular formula is C15H21NO5. The van der Waals surface area contributed by atoms with Gasteiger partial charge in [-0.3, -0.25) is 0 Å². The van der Waals surface area contributed by atoms with Gasteiger partial charge < -0.3 is 19.9 Å². The molecule has 0 amide bonds.